The van der Waals surface area contributed by atoms with Crippen molar-refractivity contribution in [2.45, 2.75) is 19.6 Å². The van der Waals surface area contributed by atoms with Crippen molar-refractivity contribution in [3.63, 3.8) is 0 Å². The van der Waals surface area contributed by atoms with Crippen LogP contribution in [0.1, 0.15) is 30.9 Å². The Labute approximate surface area is 308 Å². The SMILES string of the molecule is COC1(C(C)C)Oc2nc1c(-c1ccccc1)c1ccc([nH]1)c(-c1ccccc1)c1nc(c(-c3ccccc3)c3ccc([nH]3)c2-c2ccccc2)C=C1. The Morgan fingerprint density at radius 1 is 0.491 bits per heavy atom. The molecule has 4 aromatic carbocycles. The Kier molecular flexibility index (Phi) is 8.10. The predicted octanol–water partition coefficient (Wildman–Crippen LogP) is 11.7. The first-order valence-corrected chi connectivity index (χ1v) is 18.0. The number of nitrogens with zero attached hydrogens (tertiary/aromatic N) is 2. The summed E-state index contributed by atoms with van der Waals surface area (Å²) in [7, 11) is 1.71. The number of fused-ring (bicyclic) bond motifs is 8. The average Bonchev–Trinajstić information content (AvgIpc) is 4.03. The summed E-state index contributed by atoms with van der Waals surface area (Å²) in [5, 5.41) is 0. The maximum absolute atomic E-state index is 7.08. The summed E-state index contributed by atoms with van der Waals surface area (Å²) in [6, 6.07) is 50.0. The van der Waals surface area contributed by atoms with Crippen LogP contribution >= 0.6 is 0 Å². The fraction of sp³-hybridized carbons (Fsp3) is 0.106. The summed E-state index contributed by atoms with van der Waals surface area (Å²) in [4.78, 5) is 18.5. The zero-order valence-electron chi connectivity index (χ0n) is 29.8. The summed E-state index contributed by atoms with van der Waals surface area (Å²) in [5.74, 6) is -0.815. The molecule has 53 heavy (non-hydrogen) atoms. The number of H-pyrrole nitrogens is 2. The van der Waals surface area contributed by atoms with Crippen molar-refractivity contribution >= 4 is 34.2 Å². The zero-order valence-corrected chi connectivity index (χ0v) is 29.8. The molecule has 7 aromatic rings. The first-order chi connectivity index (χ1) is 26.0. The van der Waals surface area contributed by atoms with Gasteiger partial charge in [-0.2, -0.15) is 0 Å². The van der Waals surface area contributed by atoms with E-state index in [9.17, 15) is 0 Å². The van der Waals surface area contributed by atoms with E-state index in [2.05, 4.69) is 145 Å². The van der Waals surface area contributed by atoms with Gasteiger partial charge in [-0.25, -0.2) is 9.97 Å². The van der Waals surface area contributed by atoms with Crippen LogP contribution in [0, 0.1) is 5.92 Å². The van der Waals surface area contributed by atoms with E-state index in [0.717, 1.165) is 78.0 Å². The van der Waals surface area contributed by atoms with Gasteiger partial charge < -0.3 is 19.4 Å². The lowest BCUT2D eigenvalue weighted by atomic mass is 9.92. The fourth-order valence-corrected chi connectivity index (χ4v) is 7.63. The van der Waals surface area contributed by atoms with Crippen molar-refractivity contribution in [2.24, 2.45) is 5.92 Å². The Balaban J connectivity index is 1.53. The standard InChI is InChI=1S/C47H38N4O2/c1-30(2)47(52-3)45-43(33-20-12-6-13-21-33)39-28-26-37(49-39)41(31-16-8-4-9-17-31)35-24-25-36(48-35)42(32-18-10-5-11-19-32)38-27-29-40(50-38)44(46(51-45)53-47)34-22-14-7-15-23-34/h4-30,49-50H,1-3H3. The molecule has 2 N–H and O–H groups in total. The molecule has 6 nitrogen and oxygen atoms in total. The molecule has 0 aliphatic carbocycles. The Bertz CT molecular complexity index is 2650. The highest BCUT2D eigenvalue weighted by atomic mass is 16.7. The molecule has 0 radical (unpaired) electrons. The Hall–Kier alpha value is -6.50. The maximum atomic E-state index is 7.08. The van der Waals surface area contributed by atoms with Gasteiger partial charge in [0.2, 0.25) is 5.88 Å². The van der Waals surface area contributed by atoms with E-state index >= 15 is 0 Å². The molecule has 2 aliphatic heterocycles. The third-order valence-corrected chi connectivity index (χ3v) is 10.2. The van der Waals surface area contributed by atoms with Gasteiger partial charge >= 0.3 is 0 Å². The van der Waals surface area contributed by atoms with Gasteiger partial charge in [-0.15, -0.1) is 0 Å². The summed E-state index contributed by atoms with van der Waals surface area (Å²) in [6.45, 7) is 4.23. The summed E-state index contributed by atoms with van der Waals surface area (Å²) in [5.41, 5.74) is 13.9. The fourth-order valence-electron chi connectivity index (χ4n) is 7.63. The van der Waals surface area contributed by atoms with E-state index in [-0.39, 0.29) is 5.92 Å². The number of aromatic nitrogens is 4. The monoisotopic (exact) mass is 690 g/mol. The van der Waals surface area contributed by atoms with Gasteiger partial charge in [0.15, 0.2) is 0 Å². The lowest BCUT2D eigenvalue weighted by Gasteiger charge is -2.32. The molecule has 9 rings (SSSR count). The number of rotatable bonds is 6. The number of hydrogen-bond acceptors (Lipinski definition) is 4. The van der Waals surface area contributed by atoms with E-state index in [0.29, 0.717) is 11.6 Å². The van der Waals surface area contributed by atoms with Crippen molar-refractivity contribution < 1.29 is 9.47 Å². The maximum Gasteiger partial charge on any atom is 0.259 e. The lowest BCUT2D eigenvalue weighted by Crippen LogP contribution is -2.38. The molecule has 0 spiro atoms. The average molecular weight is 691 g/mol. The number of nitrogens with one attached hydrogen (secondary N) is 2. The molecule has 3 aromatic heterocycles. The number of benzene rings is 4. The van der Waals surface area contributed by atoms with Crippen molar-refractivity contribution in [1.82, 2.24) is 19.9 Å². The van der Waals surface area contributed by atoms with E-state index in [1.165, 1.54) is 0 Å². The zero-order chi connectivity index (χ0) is 35.9. The molecule has 1 unspecified atom stereocenters. The molecule has 2 aliphatic rings. The second-order valence-electron chi connectivity index (χ2n) is 13.6. The Morgan fingerprint density at radius 2 is 0.868 bits per heavy atom. The van der Waals surface area contributed by atoms with E-state index in [4.69, 9.17) is 19.4 Å². The molecule has 0 saturated carbocycles. The van der Waals surface area contributed by atoms with Crippen LogP contribution in [0.5, 0.6) is 5.88 Å². The minimum Gasteiger partial charge on any atom is -0.438 e. The highest BCUT2D eigenvalue weighted by Gasteiger charge is 2.47. The van der Waals surface area contributed by atoms with Crippen molar-refractivity contribution in [3.8, 4) is 50.4 Å². The molecule has 0 saturated heterocycles. The van der Waals surface area contributed by atoms with Crippen molar-refractivity contribution in [1.29, 1.82) is 0 Å². The van der Waals surface area contributed by atoms with Crippen molar-refractivity contribution in [2.75, 3.05) is 7.11 Å². The molecular weight excluding hydrogens is 653 g/mol. The first kappa shape index (κ1) is 32.4. The Morgan fingerprint density at radius 3 is 1.28 bits per heavy atom. The summed E-state index contributed by atoms with van der Waals surface area (Å²) < 4.78 is 13.6. The quantitative estimate of drug-likeness (QED) is 0.182. The van der Waals surface area contributed by atoms with Crippen LogP contribution in [0.15, 0.2) is 146 Å². The smallest absolute Gasteiger partial charge is 0.259 e. The van der Waals surface area contributed by atoms with Gasteiger partial charge in [0.05, 0.1) is 22.5 Å². The highest BCUT2D eigenvalue weighted by Crippen LogP contribution is 2.48. The number of methoxy groups -OCH3 is 1. The third-order valence-electron chi connectivity index (χ3n) is 10.2. The molecular formula is C47H38N4O2. The highest BCUT2D eigenvalue weighted by molar-refractivity contribution is 5.97. The molecule has 5 heterocycles. The lowest BCUT2D eigenvalue weighted by molar-refractivity contribution is -0.194. The molecule has 1 atom stereocenters. The van der Waals surface area contributed by atoms with Gasteiger partial charge in [0, 0.05) is 46.3 Å². The van der Waals surface area contributed by atoms with Gasteiger partial charge in [-0.05, 0) is 58.7 Å². The van der Waals surface area contributed by atoms with Gasteiger partial charge in [-0.1, -0.05) is 135 Å². The van der Waals surface area contributed by atoms with Crippen LogP contribution in [-0.2, 0) is 10.5 Å². The second-order valence-corrected chi connectivity index (χ2v) is 13.6. The van der Waals surface area contributed by atoms with Crippen LogP contribution in [0.2, 0.25) is 0 Å². The summed E-state index contributed by atoms with van der Waals surface area (Å²) in [6.07, 6.45) is 4.24. The van der Waals surface area contributed by atoms with Crippen LogP contribution in [0.3, 0.4) is 0 Å². The van der Waals surface area contributed by atoms with Crippen LogP contribution in [0.4, 0.5) is 0 Å². The molecule has 258 valence electrons. The topological polar surface area (TPSA) is 75.8 Å². The second kappa shape index (κ2) is 13.2. The first-order valence-electron chi connectivity index (χ1n) is 18.0. The van der Waals surface area contributed by atoms with Crippen molar-refractivity contribution in [3.05, 3.63) is 163 Å². The normalized spacial score (nSPS) is 15.1. The molecule has 8 bridgehead atoms. The number of hydrogen-bond donors (Lipinski definition) is 2. The van der Waals surface area contributed by atoms with Crippen LogP contribution in [0.25, 0.3) is 78.7 Å². The summed E-state index contributed by atoms with van der Waals surface area (Å²) >= 11 is 0. The molecule has 0 fully saturated rings. The van der Waals surface area contributed by atoms with Crippen LogP contribution in [-0.4, -0.2) is 27.0 Å². The van der Waals surface area contributed by atoms with Gasteiger partial charge in [0.25, 0.3) is 5.79 Å². The minimum absolute atomic E-state index is 0.105. The number of aromatic amines is 2. The van der Waals surface area contributed by atoms with E-state index in [1.54, 1.807) is 7.11 Å². The van der Waals surface area contributed by atoms with Gasteiger partial charge in [-0.3, -0.25) is 0 Å². The van der Waals surface area contributed by atoms with E-state index in [1.807, 2.05) is 36.4 Å². The molecule has 0 amide bonds. The molecule has 6 heteroatoms. The van der Waals surface area contributed by atoms with Crippen LogP contribution < -0.4 is 4.74 Å². The number of ether oxygens (including phenoxy) is 2. The van der Waals surface area contributed by atoms with E-state index < -0.39 is 5.79 Å². The largest absolute Gasteiger partial charge is 0.438 e. The third kappa shape index (κ3) is 5.55. The minimum atomic E-state index is -1.19. The predicted molar refractivity (Wildman–Crippen MR) is 216 cm³/mol. The van der Waals surface area contributed by atoms with Gasteiger partial charge in [0.1, 0.15) is 5.69 Å².